The monoisotopic (exact) mass is 258 g/mol. The van der Waals surface area contributed by atoms with E-state index >= 15 is 0 Å². The van der Waals surface area contributed by atoms with Gasteiger partial charge in [0.05, 0.1) is 0 Å². The van der Waals surface area contributed by atoms with Gasteiger partial charge in [0.1, 0.15) is 5.69 Å². The molecule has 1 aromatic carbocycles. The van der Waals surface area contributed by atoms with Crippen LogP contribution in [0, 0.1) is 13.8 Å². The molecule has 0 fully saturated rings. The lowest BCUT2D eigenvalue weighted by Crippen LogP contribution is -2.13. The maximum atomic E-state index is 12.1. The molecule has 0 aliphatic carbocycles. The van der Waals surface area contributed by atoms with Gasteiger partial charge in [0.15, 0.2) is 0 Å². The molecule has 2 rings (SSSR count). The minimum Gasteiger partial charge on any atom is -0.396 e. The van der Waals surface area contributed by atoms with Crippen molar-refractivity contribution in [3.8, 4) is 0 Å². The quantitative estimate of drug-likeness (QED) is 0.788. The number of rotatable bonds is 4. The fourth-order valence-corrected chi connectivity index (χ4v) is 2.04. The first-order valence-electron chi connectivity index (χ1n) is 6.27. The number of hydrogen-bond donors (Lipinski definition) is 3. The van der Waals surface area contributed by atoms with Crippen LogP contribution >= 0.6 is 0 Å². The highest BCUT2D eigenvalue weighted by molar-refractivity contribution is 6.04. The van der Waals surface area contributed by atoms with Gasteiger partial charge >= 0.3 is 0 Å². The van der Waals surface area contributed by atoms with Crippen molar-refractivity contribution in [1.29, 1.82) is 0 Å². The Balaban J connectivity index is 2.08. The largest absolute Gasteiger partial charge is 0.396 e. The summed E-state index contributed by atoms with van der Waals surface area (Å²) in [5.41, 5.74) is 4.30. The lowest BCUT2D eigenvalue weighted by atomic mass is 10.1. The van der Waals surface area contributed by atoms with Crippen LogP contribution in [0.1, 0.15) is 27.3 Å². The number of hydrogen-bond acceptors (Lipinski definition) is 2. The molecule has 19 heavy (non-hydrogen) atoms. The van der Waals surface area contributed by atoms with E-state index in [1.165, 1.54) is 0 Å². The van der Waals surface area contributed by atoms with Crippen LogP contribution in [0.4, 0.5) is 5.69 Å². The van der Waals surface area contributed by atoms with E-state index in [1.807, 2.05) is 44.2 Å². The summed E-state index contributed by atoms with van der Waals surface area (Å²) in [7, 11) is 0. The number of aryl methyl sites for hydroxylation is 2. The van der Waals surface area contributed by atoms with Gasteiger partial charge in [0.25, 0.3) is 5.91 Å². The topological polar surface area (TPSA) is 65.1 Å². The fourth-order valence-electron chi connectivity index (χ4n) is 2.04. The van der Waals surface area contributed by atoms with E-state index in [4.69, 9.17) is 5.11 Å². The Morgan fingerprint density at radius 2 is 1.95 bits per heavy atom. The molecule has 1 aromatic heterocycles. The van der Waals surface area contributed by atoms with Crippen molar-refractivity contribution >= 4 is 11.6 Å². The number of amides is 1. The van der Waals surface area contributed by atoms with Gasteiger partial charge in [-0.05, 0) is 49.6 Å². The minimum atomic E-state index is -0.138. The summed E-state index contributed by atoms with van der Waals surface area (Å²) in [5, 5.41) is 11.7. The van der Waals surface area contributed by atoms with Crippen LogP contribution in [-0.2, 0) is 6.42 Å². The van der Waals surface area contributed by atoms with Crippen LogP contribution in [0.15, 0.2) is 30.3 Å². The van der Waals surface area contributed by atoms with Crippen LogP contribution in [-0.4, -0.2) is 22.6 Å². The average Bonchev–Trinajstić information content (AvgIpc) is 2.71. The van der Waals surface area contributed by atoms with Gasteiger partial charge in [-0.25, -0.2) is 0 Å². The maximum Gasteiger partial charge on any atom is 0.272 e. The predicted molar refractivity (Wildman–Crippen MR) is 75.5 cm³/mol. The summed E-state index contributed by atoms with van der Waals surface area (Å²) in [4.78, 5) is 15.1. The molecule has 0 unspecified atom stereocenters. The number of carbonyl (C=O) groups is 1. The number of aliphatic hydroxyl groups is 1. The highest BCUT2D eigenvalue weighted by atomic mass is 16.2. The SMILES string of the molecule is Cc1cc(C)c(C(=O)Nc2ccc(CCO)cc2)[nH]1. The Kier molecular flexibility index (Phi) is 4.02. The third kappa shape index (κ3) is 3.23. The van der Waals surface area contributed by atoms with E-state index in [0.717, 1.165) is 22.5 Å². The molecule has 1 heterocycles. The Hall–Kier alpha value is -2.07. The van der Waals surface area contributed by atoms with Gasteiger partial charge in [-0.15, -0.1) is 0 Å². The van der Waals surface area contributed by atoms with Crippen LogP contribution in [0.2, 0.25) is 0 Å². The van der Waals surface area contributed by atoms with Gasteiger partial charge < -0.3 is 15.4 Å². The Morgan fingerprint density at radius 3 is 2.47 bits per heavy atom. The third-order valence-corrected chi connectivity index (χ3v) is 2.99. The van der Waals surface area contributed by atoms with Crippen molar-refractivity contribution in [2.45, 2.75) is 20.3 Å². The molecule has 0 spiro atoms. The van der Waals surface area contributed by atoms with E-state index in [2.05, 4.69) is 10.3 Å². The van der Waals surface area contributed by atoms with Crippen LogP contribution < -0.4 is 5.32 Å². The van der Waals surface area contributed by atoms with Crippen LogP contribution in [0.5, 0.6) is 0 Å². The zero-order valence-electron chi connectivity index (χ0n) is 11.2. The molecule has 0 bridgehead atoms. The van der Waals surface area contributed by atoms with Crippen molar-refractivity contribution in [2.75, 3.05) is 11.9 Å². The summed E-state index contributed by atoms with van der Waals surface area (Å²) in [6.45, 7) is 3.96. The number of nitrogens with one attached hydrogen (secondary N) is 2. The number of anilines is 1. The van der Waals surface area contributed by atoms with Gasteiger partial charge in [0, 0.05) is 18.0 Å². The number of benzene rings is 1. The maximum absolute atomic E-state index is 12.1. The summed E-state index contributed by atoms with van der Waals surface area (Å²) >= 11 is 0. The molecule has 4 nitrogen and oxygen atoms in total. The second-order valence-electron chi connectivity index (χ2n) is 4.64. The normalized spacial score (nSPS) is 10.5. The van der Waals surface area contributed by atoms with Gasteiger partial charge in [-0.1, -0.05) is 12.1 Å². The van der Waals surface area contributed by atoms with Crippen LogP contribution in [0.25, 0.3) is 0 Å². The van der Waals surface area contributed by atoms with E-state index in [0.29, 0.717) is 12.1 Å². The molecule has 2 aromatic rings. The molecular formula is C15H18N2O2. The Bertz CT molecular complexity index is 570. The number of carbonyl (C=O) groups excluding carboxylic acids is 1. The predicted octanol–water partition coefficient (Wildman–Crippen LogP) is 2.42. The molecule has 3 N–H and O–H groups in total. The van der Waals surface area contributed by atoms with Crippen molar-refractivity contribution in [2.24, 2.45) is 0 Å². The first-order valence-corrected chi connectivity index (χ1v) is 6.27. The van der Waals surface area contributed by atoms with Gasteiger partial charge in [-0.2, -0.15) is 0 Å². The first kappa shape index (κ1) is 13.4. The number of aromatic amines is 1. The second kappa shape index (κ2) is 5.71. The molecule has 1 amide bonds. The standard InChI is InChI=1S/C15H18N2O2/c1-10-9-11(2)16-14(10)15(19)17-13-5-3-12(4-6-13)7-8-18/h3-6,9,16,18H,7-8H2,1-2H3,(H,17,19). The zero-order valence-corrected chi connectivity index (χ0v) is 11.2. The van der Waals surface area contributed by atoms with Crippen molar-refractivity contribution < 1.29 is 9.90 Å². The fraction of sp³-hybridized carbons (Fsp3) is 0.267. The minimum absolute atomic E-state index is 0.132. The molecule has 0 saturated carbocycles. The number of aromatic nitrogens is 1. The van der Waals surface area contributed by atoms with Gasteiger partial charge in [-0.3, -0.25) is 4.79 Å². The highest BCUT2D eigenvalue weighted by Gasteiger charge is 2.11. The second-order valence-corrected chi connectivity index (χ2v) is 4.64. The molecule has 0 aliphatic heterocycles. The molecule has 0 atom stereocenters. The van der Waals surface area contributed by atoms with E-state index in [-0.39, 0.29) is 12.5 Å². The summed E-state index contributed by atoms with van der Waals surface area (Å²) in [6, 6.07) is 9.43. The highest BCUT2D eigenvalue weighted by Crippen LogP contribution is 2.14. The Labute approximate surface area is 112 Å². The summed E-state index contributed by atoms with van der Waals surface area (Å²) in [6.07, 6.45) is 0.628. The zero-order chi connectivity index (χ0) is 13.8. The lowest BCUT2D eigenvalue weighted by molar-refractivity contribution is 0.102. The molecule has 0 radical (unpaired) electrons. The lowest BCUT2D eigenvalue weighted by Gasteiger charge is -2.06. The van der Waals surface area contributed by atoms with E-state index < -0.39 is 0 Å². The molecule has 100 valence electrons. The van der Waals surface area contributed by atoms with Crippen LogP contribution in [0.3, 0.4) is 0 Å². The summed E-state index contributed by atoms with van der Waals surface area (Å²) in [5.74, 6) is -0.138. The van der Waals surface area contributed by atoms with Crippen molar-refractivity contribution in [3.63, 3.8) is 0 Å². The molecular weight excluding hydrogens is 240 g/mol. The van der Waals surface area contributed by atoms with Crippen molar-refractivity contribution in [3.05, 3.63) is 52.8 Å². The number of aliphatic hydroxyl groups excluding tert-OH is 1. The number of H-pyrrole nitrogens is 1. The summed E-state index contributed by atoms with van der Waals surface area (Å²) < 4.78 is 0. The van der Waals surface area contributed by atoms with Gasteiger partial charge in [0.2, 0.25) is 0 Å². The smallest absolute Gasteiger partial charge is 0.272 e. The molecule has 0 saturated heterocycles. The molecule has 4 heteroatoms. The first-order chi connectivity index (χ1) is 9.10. The van der Waals surface area contributed by atoms with Crippen molar-refractivity contribution in [1.82, 2.24) is 4.98 Å². The Morgan fingerprint density at radius 1 is 1.26 bits per heavy atom. The molecule has 0 aliphatic rings. The van der Waals surface area contributed by atoms with E-state index in [9.17, 15) is 4.79 Å². The third-order valence-electron chi connectivity index (χ3n) is 2.99. The average molecular weight is 258 g/mol. The van der Waals surface area contributed by atoms with E-state index in [1.54, 1.807) is 0 Å².